The predicted octanol–water partition coefficient (Wildman–Crippen LogP) is 3.44. The van der Waals surface area contributed by atoms with Crippen molar-refractivity contribution >= 4 is 26.0 Å². The average molecular weight is 430 g/mol. The van der Waals surface area contributed by atoms with Crippen LogP contribution in [0.4, 0.5) is 4.39 Å². The number of hydrogen-bond donors (Lipinski definition) is 1. The number of ether oxygens (including phenoxy) is 2. The van der Waals surface area contributed by atoms with Gasteiger partial charge in [0.15, 0.2) is 11.5 Å². The zero-order valence-electron chi connectivity index (χ0n) is 13.6. The minimum atomic E-state index is -3.76. The fourth-order valence-electron chi connectivity index (χ4n) is 2.74. The molecule has 0 bridgehead atoms. The monoisotopic (exact) mass is 429 g/mol. The highest BCUT2D eigenvalue weighted by molar-refractivity contribution is 9.10. The second kappa shape index (κ2) is 6.93. The quantitative estimate of drug-likeness (QED) is 0.763. The van der Waals surface area contributed by atoms with Gasteiger partial charge in [-0.05, 0) is 46.1 Å². The molecule has 0 aliphatic heterocycles. The SMILES string of the molecule is COc1cc(Br)c(S(=O)(=O)NC2CC2c2cccc(F)c2)cc1OC. The van der Waals surface area contributed by atoms with Gasteiger partial charge in [0.25, 0.3) is 0 Å². The average Bonchev–Trinajstić information content (AvgIpc) is 3.32. The van der Waals surface area contributed by atoms with Crippen molar-refractivity contribution in [1.82, 2.24) is 4.72 Å². The predicted molar refractivity (Wildman–Crippen MR) is 95.1 cm³/mol. The summed E-state index contributed by atoms with van der Waals surface area (Å²) in [7, 11) is -0.845. The first-order valence-electron chi connectivity index (χ1n) is 7.55. The zero-order chi connectivity index (χ0) is 18.2. The molecule has 1 aliphatic carbocycles. The van der Waals surface area contributed by atoms with Gasteiger partial charge < -0.3 is 9.47 Å². The number of methoxy groups -OCH3 is 2. The van der Waals surface area contributed by atoms with Crippen molar-refractivity contribution in [2.75, 3.05) is 14.2 Å². The van der Waals surface area contributed by atoms with Gasteiger partial charge in [0.05, 0.1) is 14.2 Å². The van der Waals surface area contributed by atoms with Crippen LogP contribution in [-0.4, -0.2) is 28.7 Å². The van der Waals surface area contributed by atoms with Crippen molar-refractivity contribution in [1.29, 1.82) is 0 Å². The normalized spacial score (nSPS) is 19.5. The zero-order valence-corrected chi connectivity index (χ0v) is 16.0. The summed E-state index contributed by atoms with van der Waals surface area (Å²) < 4.78 is 52.1. The van der Waals surface area contributed by atoms with E-state index in [1.54, 1.807) is 18.2 Å². The Balaban J connectivity index is 1.82. The Bertz CT molecular complexity index is 904. The first-order chi connectivity index (χ1) is 11.9. The van der Waals surface area contributed by atoms with Gasteiger partial charge in [-0.15, -0.1) is 0 Å². The van der Waals surface area contributed by atoms with E-state index in [1.807, 2.05) is 0 Å². The lowest BCUT2D eigenvalue weighted by molar-refractivity contribution is 0.353. The lowest BCUT2D eigenvalue weighted by atomic mass is 10.1. The molecule has 0 heterocycles. The molecular weight excluding hydrogens is 413 g/mol. The van der Waals surface area contributed by atoms with Crippen LogP contribution in [0.3, 0.4) is 0 Å². The summed E-state index contributed by atoms with van der Waals surface area (Å²) in [6.07, 6.45) is 0.633. The summed E-state index contributed by atoms with van der Waals surface area (Å²) in [6, 6.07) is 8.92. The molecule has 2 aromatic rings. The van der Waals surface area contributed by atoms with Gasteiger partial charge in [-0.2, -0.15) is 0 Å². The Kier molecular flexibility index (Phi) is 5.04. The maximum absolute atomic E-state index is 13.3. The first kappa shape index (κ1) is 18.2. The molecule has 134 valence electrons. The molecule has 3 rings (SSSR count). The van der Waals surface area contributed by atoms with Crippen molar-refractivity contribution < 1.29 is 22.3 Å². The number of halogens is 2. The van der Waals surface area contributed by atoms with Crippen LogP contribution in [0.25, 0.3) is 0 Å². The molecule has 8 heteroatoms. The smallest absolute Gasteiger partial charge is 0.242 e. The van der Waals surface area contributed by atoms with Gasteiger partial charge in [0.1, 0.15) is 10.7 Å². The molecule has 0 amide bonds. The van der Waals surface area contributed by atoms with E-state index >= 15 is 0 Å². The van der Waals surface area contributed by atoms with Crippen LogP contribution in [0, 0.1) is 5.82 Å². The molecule has 1 saturated carbocycles. The molecule has 0 radical (unpaired) electrons. The van der Waals surface area contributed by atoms with E-state index in [1.165, 1.54) is 32.4 Å². The summed E-state index contributed by atoms with van der Waals surface area (Å²) in [4.78, 5) is 0.0649. The summed E-state index contributed by atoms with van der Waals surface area (Å²) in [5.41, 5.74) is 0.791. The fraction of sp³-hybridized carbons (Fsp3) is 0.294. The molecule has 2 atom stereocenters. The van der Waals surface area contributed by atoms with Crippen molar-refractivity contribution in [3.05, 3.63) is 52.3 Å². The number of nitrogens with one attached hydrogen (secondary N) is 1. The van der Waals surface area contributed by atoms with Gasteiger partial charge in [-0.25, -0.2) is 17.5 Å². The van der Waals surface area contributed by atoms with Crippen LogP contribution >= 0.6 is 15.9 Å². The molecular formula is C17H17BrFNO4S. The van der Waals surface area contributed by atoms with E-state index in [9.17, 15) is 12.8 Å². The maximum atomic E-state index is 13.3. The molecule has 1 N–H and O–H groups in total. The summed E-state index contributed by atoms with van der Waals surface area (Å²) >= 11 is 3.26. The minimum Gasteiger partial charge on any atom is -0.493 e. The highest BCUT2D eigenvalue weighted by Gasteiger charge is 2.42. The second-order valence-corrected chi connectivity index (χ2v) is 8.30. The Morgan fingerprint density at radius 3 is 2.48 bits per heavy atom. The molecule has 1 fully saturated rings. The van der Waals surface area contributed by atoms with E-state index in [0.717, 1.165) is 5.56 Å². The third-order valence-corrected chi connectivity index (χ3v) is 6.55. The van der Waals surface area contributed by atoms with Crippen molar-refractivity contribution in [3.8, 4) is 11.5 Å². The highest BCUT2D eigenvalue weighted by Crippen LogP contribution is 2.42. The van der Waals surface area contributed by atoms with Gasteiger partial charge in [0.2, 0.25) is 10.0 Å². The molecule has 2 aromatic carbocycles. The summed E-state index contributed by atoms with van der Waals surface area (Å²) in [5.74, 6) is 0.402. The van der Waals surface area contributed by atoms with E-state index in [2.05, 4.69) is 20.7 Å². The Labute approximate surface area is 154 Å². The van der Waals surface area contributed by atoms with Gasteiger partial charge in [0, 0.05) is 22.5 Å². The maximum Gasteiger partial charge on any atom is 0.242 e. The van der Waals surface area contributed by atoms with E-state index in [0.29, 0.717) is 22.4 Å². The Hall–Kier alpha value is -1.64. The van der Waals surface area contributed by atoms with Gasteiger partial charge >= 0.3 is 0 Å². The number of sulfonamides is 1. The Morgan fingerprint density at radius 1 is 1.16 bits per heavy atom. The van der Waals surface area contributed by atoms with Crippen LogP contribution in [0.1, 0.15) is 17.9 Å². The fourth-order valence-corrected chi connectivity index (χ4v) is 5.06. The standard InChI is InChI=1S/C17H17BrFNO4S/c1-23-15-8-13(18)17(9-16(15)24-2)25(21,22)20-14-7-12(14)10-4-3-5-11(19)6-10/h3-6,8-9,12,14,20H,7H2,1-2H3. The van der Waals surface area contributed by atoms with Crippen LogP contribution in [-0.2, 0) is 10.0 Å². The summed E-state index contributed by atoms with van der Waals surface area (Å²) in [5, 5.41) is 0. The Morgan fingerprint density at radius 2 is 1.84 bits per heavy atom. The van der Waals surface area contributed by atoms with Crippen molar-refractivity contribution in [2.45, 2.75) is 23.3 Å². The lowest BCUT2D eigenvalue weighted by Gasteiger charge is -2.13. The van der Waals surface area contributed by atoms with Crippen molar-refractivity contribution in [3.63, 3.8) is 0 Å². The molecule has 0 saturated heterocycles. The first-order valence-corrected chi connectivity index (χ1v) is 9.82. The number of rotatable bonds is 6. The van der Waals surface area contributed by atoms with Crippen molar-refractivity contribution in [2.24, 2.45) is 0 Å². The third kappa shape index (κ3) is 3.80. The molecule has 5 nitrogen and oxygen atoms in total. The van der Waals surface area contributed by atoms with E-state index < -0.39 is 10.0 Å². The molecule has 0 spiro atoms. The third-order valence-electron chi connectivity index (χ3n) is 4.10. The van der Waals surface area contributed by atoms with Crippen LogP contribution in [0.15, 0.2) is 45.8 Å². The van der Waals surface area contributed by atoms with Gasteiger partial charge in [-0.3, -0.25) is 0 Å². The topological polar surface area (TPSA) is 64.6 Å². The lowest BCUT2D eigenvalue weighted by Crippen LogP contribution is -2.27. The molecule has 0 aromatic heterocycles. The number of hydrogen-bond acceptors (Lipinski definition) is 4. The second-order valence-electron chi connectivity index (χ2n) is 5.76. The van der Waals surface area contributed by atoms with Crippen LogP contribution < -0.4 is 14.2 Å². The molecule has 25 heavy (non-hydrogen) atoms. The molecule has 2 unspecified atom stereocenters. The van der Waals surface area contributed by atoms with Crippen LogP contribution in [0.5, 0.6) is 11.5 Å². The number of benzene rings is 2. The largest absolute Gasteiger partial charge is 0.493 e. The van der Waals surface area contributed by atoms with E-state index in [4.69, 9.17) is 9.47 Å². The van der Waals surface area contributed by atoms with E-state index in [-0.39, 0.29) is 22.7 Å². The molecule has 1 aliphatic rings. The summed E-state index contributed by atoms with van der Waals surface area (Å²) in [6.45, 7) is 0. The van der Waals surface area contributed by atoms with Crippen LogP contribution in [0.2, 0.25) is 0 Å². The minimum absolute atomic E-state index is 0.0237. The highest BCUT2D eigenvalue weighted by atomic mass is 79.9. The van der Waals surface area contributed by atoms with Gasteiger partial charge in [-0.1, -0.05) is 12.1 Å².